The second kappa shape index (κ2) is 4.61. The van der Waals surface area contributed by atoms with E-state index in [4.69, 9.17) is 0 Å². The zero-order valence-corrected chi connectivity index (χ0v) is 10.4. The van der Waals surface area contributed by atoms with Crippen LogP contribution in [-0.4, -0.2) is 37.9 Å². The molecule has 1 aliphatic heterocycles. The summed E-state index contributed by atoms with van der Waals surface area (Å²) < 4.78 is 24.1. The number of hydrogen-bond acceptors (Lipinski definition) is 3. The highest BCUT2D eigenvalue weighted by Crippen LogP contribution is 2.21. The maximum atomic E-state index is 11.7. The van der Waals surface area contributed by atoms with Crippen LogP contribution in [0.15, 0.2) is 0 Å². The summed E-state index contributed by atoms with van der Waals surface area (Å²) in [4.78, 5) is 11.7. The zero-order valence-electron chi connectivity index (χ0n) is 9.56. The summed E-state index contributed by atoms with van der Waals surface area (Å²) in [5.41, 5.74) is 0. The van der Waals surface area contributed by atoms with E-state index in [2.05, 4.69) is 0 Å². The van der Waals surface area contributed by atoms with Gasteiger partial charge in [0.05, 0.1) is 6.26 Å². The molecule has 1 rings (SSSR count). The van der Waals surface area contributed by atoms with Gasteiger partial charge in [0.2, 0.25) is 10.0 Å². The van der Waals surface area contributed by atoms with Gasteiger partial charge in [-0.25, -0.2) is 12.7 Å². The van der Waals surface area contributed by atoms with Crippen molar-refractivity contribution in [2.45, 2.75) is 26.7 Å². The Morgan fingerprint density at radius 3 is 2.47 bits per heavy atom. The van der Waals surface area contributed by atoms with E-state index < -0.39 is 10.0 Å². The summed E-state index contributed by atoms with van der Waals surface area (Å²) in [5, 5.41) is 0. The molecule has 0 aromatic heterocycles. The number of nitrogens with zero attached hydrogens (tertiary/aromatic N) is 1. The van der Waals surface area contributed by atoms with Crippen molar-refractivity contribution in [1.82, 2.24) is 4.31 Å². The molecule has 0 saturated carbocycles. The lowest BCUT2D eigenvalue weighted by molar-refractivity contribution is -0.126. The van der Waals surface area contributed by atoms with Gasteiger partial charge in [0, 0.05) is 24.9 Å². The Kier molecular flexibility index (Phi) is 3.89. The first-order valence-electron chi connectivity index (χ1n) is 5.31. The first-order valence-corrected chi connectivity index (χ1v) is 7.16. The molecule has 5 heteroatoms. The summed E-state index contributed by atoms with van der Waals surface area (Å²) in [6.07, 6.45) is 2.81. The third kappa shape index (κ3) is 3.28. The van der Waals surface area contributed by atoms with Gasteiger partial charge in [-0.2, -0.15) is 0 Å². The van der Waals surface area contributed by atoms with Crippen LogP contribution in [0.1, 0.15) is 26.7 Å². The summed E-state index contributed by atoms with van der Waals surface area (Å²) in [7, 11) is -3.14. The van der Waals surface area contributed by atoms with Gasteiger partial charge in [0.25, 0.3) is 0 Å². The zero-order chi connectivity index (χ0) is 11.6. The first kappa shape index (κ1) is 12.6. The molecule has 1 fully saturated rings. The highest BCUT2D eigenvalue weighted by molar-refractivity contribution is 7.88. The molecular weight excluding hydrogens is 214 g/mol. The van der Waals surface area contributed by atoms with E-state index in [1.165, 1.54) is 10.6 Å². The second-order valence-electron chi connectivity index (χ2n) is 4.52. The maximum Gasteiger partial charge on any atom is 0.211 e. The van der Waals surface area contributed by atoms with Gasteiger partial charge in [-0.15, -0.1) is 0 Å². The number of sulfonamides is 1. The standard InChI is InChI=1S/C10H19NO3S/c1-8(2)10(12)9-5-4-6-11(7-9)15(3,13)14/h8-9H,4-7H2,1-3H3. The summed E-state index contributed by atoms with van der Waals surface area (Å²) >= 11 is 0. The molecule has 0 radical (unpaired) electrons. The van der Waals surface area contributed by atoms with E-state index in [1.807, 2.05) is 13.8 Å². The lowest BCUT2D eigenvalue weighted by Crippen LogP contribution is -2.42. The maximum absolute atomic E-state index is 11.7. The van der Waals surface area contributed by atoms with Crippen LogP contribution in [0.5, 0.6) is 0 Å². The van der Waals surface area contributed by atoms with E-state index in [1.54, 1.807) is 0 Å². The monoisotopic (exact) mass is 233 g/mol. The fraction of sp³-hybridized carbons (Fsp3) is 0.900. The fourth-order valence-corrected chi connectivity index (χ4v) is 2.86. The quantitative estimate of drug-likeness (QED) is 0.727. The van der Waals surface area contributed by atoms with Crippen molar-refractivity contribution in [3.05, 3.63) is 0 Å². The van der Waals surface area contributed by atoms with Crippen molar-refractivity contribution < 1.29 is 13.2 Å². The smallest absolute Gasteiger partial charge is 0.211 e. The predicted octanol–water partition coefficient (Wildman–Crippen LogP) is 0.883. The van der Waals surface area contributed by atoms with Gasteiger partial charge in [-0.05, 0) is 12.8 Å². The number of rotatable bonds is 3. The topological polar surface area (TPSA) is 54.5 Å². The summed E-state index contributed by atoms with van der Waals surface area (Å²) in [6.45, 7) is 4.65. The Hall–Kier alpha value is -0.420. The SMILES string of the molecule is CC(C)C(=O)C1CCCN(S(C)(=O)=O)C1. The first-order chi connectivity index (χ1) is 6.82. The largest absolute Gasteiger partial charge is 0.299 e. The highest BCUT2D eigenvalue weighted by Gasteiger charge is 2.30. The number of hydrogen-bond donors (Lipinski definition) is 0. The van der Waals surface area contributed by atoms with Crippen LogP contribution >= 0.6 is 0 Å². The Balaban J connectivity index is 2.69. The third-order valence-electron chi connectivity index (χ3n) is 2.82. The average Bonchev–Trinajstić information content (AvgIpc) is 2.15. The molecule has 0 aromatic rings. The van der Waals surface area contributed by atoms with Gasteiger partial charge in [0.15, 0.2) is 0 Å². The van der Waals surface area contributed by atoms with Gasteiger partial charge in [-0.3, -0.25) is 4.79 Å². The molecule has 1 atom stereocenters. The molecule has 1 saturated heterocycles. The van der Waals surface area contributed by atoms with Gasteiger partial charge in [-0.1, -0.05) is 13.8 Å². The van der Waals surface area contributed by atoms with Crippen LogP contribution in [0.2, 0.25) is 0 Å². The minimum atomic E-state index is -3.14. The molecule has 15 heavy (non-hydrogen) atoms. The van der Waals surface area contributed by atoms with Crippen LogP contribution < -0.4 is 0 Å². The van der Waals surface area contributed by atoms with Crippen LogP contribution in [0.4, 0.5) is 0 Å². The Bertz CT molecular complexity index is 335. The molecule has 88 valence electrons. The van der Waals surface area contributed by atoms with Crippen molar-refractivity contribution >= 4 is 15.8 Å². The molecule has 0 amide bonds. The Morgan fingerprint density at radius 2 is 2.00 bits per heavy atom. The average molecular weight is 233 g/mol. The fourth-order valence-electron chi connectivity index (χ4n) is 1.95. The Morgan fingerprint density at radius 1 is 1.40 bits per heavy atom. The lowest BCUT2D eigenvalue weighted by atomic mass is 9.89. The number of ketones is 1. The Labute approximate surface area is 91.7 Å². The van der Waals surface area contributed by atoms with Crippen LogP contribution in [0.25, 0.3) is 0 Å². The summed E-state index contributed by atoms with van der Waals surface area (Å²) in [6, 6.07) is 0. The molecule has 1 aliphatic rings. The lowest BCUT2D eigenvalue weighted by Gasteiger charge is -2.30. The molecule has 1 unspecified atom stereocenters. The molecule has 0 aromatic carbocycles. The van der Waals surface area contributed by atoms with Gasteiger partial charge >= 0.3 is 0 Å². The molecule has 0 bridgehead atoms. The minimum absolute atomic E-state index is 0.00508. The van der Waals surface area contributed by atoms with Crippen molar-refractivity contribution in [3.8, 4) is 0 Å². The molecule has 1 heterocycles. The van der Waals surface area contributed by atoms with Crippen molar-refractivity contribution in [3.63, 3.8) is 0 Å². The minimum Gasteiger partial charge on any atom is -0.299 e. The van der Waals surface area contributed by atoms with E-state index in [0.717, 1.165) is 12.8 Å². The van der Waals surface area contributed by atoms with Crippen molar-refractivity contribution in [1.29, 1.82) is 0 Å². The predicted molar refractivity (Wildman–Crippen MR) is 59.0 cm³/mol. The van der Waals surface area contributed by atoms with Gasteiger partial charge in [0.1, 0.15) is 5.78 Å². The molecule has 0 spiro atoms. The molecular formula is C10H19NO3S. The third-order valence-corrected chi connectivity index (χ3v) is 4.09. The van der Waals surface area contributed by atoms with Crippen molar-refractivity contribution in [2.24, 2.45) is 11.8 Å². The van der Waals surface area contributed by atoms with E-state index in [9.17, 15) is 13.2 Å². The van der Waals surface area contributed by atoms with E-state index in [0.29, 0.717) is 13.1 Å². The molecule has 4 nitrogen and oxygen atoms in total. The molecule has 0 aliphatic carbocycles. The normalized spacial score (nSPS) is 24.4. The summed E-state index contributed by atoms with van der Waals surface area (Å²) in [5.74, 6) is 0.0753. The van der Waals surface area contributed by atoms with E-state index in [-0.39, 0.29) is 17.6 Å². The van der Waals surface area contributed by atoms with E-state index >= 15 is 0 Å². The van der Waals surface area contributed by atoms with Gasteiger partial charge < -0.3 is 0 Å². The number of carbonyl (C=O) groups is 1. The van der Waals surface area contributed by atoms with Crippen LogP contribution in [0, 0.1) is 11.8 Å². The highest BCUT2D eigenvalue weighted by atomic mass is 32.2. The van der Waals surface area contributed by atoms with Crippen molar-refractivity contribution in [2.75, 3.05) is 19.3 Å². The number of piperidine rings is 1. The van der Waals surface area contributed by atoms with Crippen LogP contribution in [-0.2, 0) is 14.8 Å². The second-order valence-corrected chi connectivity index (χ2v) is 6.50. The van der Waals surface area contributed by atoms with Crippen LogP contribution in [0.3, 0.4) is 0 Å². The molecule has 0 N–H and O–H groups in total. The number of carbonyl (C=O) groups excluding carboxylic acids is 1. The number of Topliss-reactive ketones (excluding diaryl/α,β-unsaturated/α-hetero) is 1.